The van der Waals surface area contributed by atoms with Crippen molar-refractivity contribution >= 4 is 11.6 Å². The molecule has 0 unspecified atom stereocenters. The van der Waals surface area contributed by atoms with Gasteiger partial charge in [-0.1, -0.05) is 36.9 Å². The Balaban J connectivity index is 2.32. The smallest absolute Gasteiger partial charge is 0.118 e. The van der Waals surface area contributed by atoms with E-state index in [0.29, 0.717) is 0 Å². The summed E-state index contributed by atoms with van der Waals surface area (Å²) in [7, 11) is 1.65. The second-order valence-corrected chi connectivity index (χ2v) is 4.12. The highest BCUT2D eigenvalue weighted by atomic mass is 16.5. The molecular formula is C17H16O2. The Morgan fingerprint density at radius 3 is 2.21 bits per heavy atom. The summed E-state index contributed by atoms with van der Waals surface area (Å²) in [6.45, 7) is 3.83. The maximum atomic E-state index is 9.30. The molecule has 0 aliphatic carbocycles. The predicted octanol–water partition coefficient (Wildman–Crippen LogP) is 4.13. The molecule has 2 aromatic rings. The maximum Gasteiger partial charge on any atom is 0.118 e. The summed E-state index contributed by atoms with van der Waals surface area (Å²) < 4.78 is 5.13. The minimum Gasteiger partial charge on any atom is -0.508 e. The van der Waals surface area contributed by atoms with Crippen LogP contribution in [-0.4, -0.2) is 12.2 Å². The molecular weight excluding hydrogens is 236 g/mol. The number of methoxy groups -OCH3 is 1. The van der Waals surface area contributed by atoms with Crippen LogP contribution in [0, 0.1) is 0 Å². The molecule has 0 atom stereocenters. The minimum atomic E-state index is 0.261. The van der Waals surface area contributed by atoms with Gasteiger partial charge >= 0.3 is 0 Å². The van der Waals surface area contributed by atoms with E-state index in [9.17, 15) is 5.11 Å². The van der Waals surface area contributed by atoms with Crippen molar-refractivity contribution in [2.24, 2.45) is 0 Å². The van der Waals surface area contributed by atoms with Gasteiger partial charge < -0.3 is 9.84 Å². The molecule has 0 radical (unpaired) electrons. The van der Waals surface area contributed by atoms with Crippen LogP contribution in [0.3, 0.4) is 0 Å². The van der Waals surface area contributed by atoms with Crippen LogP contribution in [0.5, 0.6) is 11.5 Å². The molecule has 0 bridgehead atoms. The van der Waals surface area contributed by atoms with E-state index < -0.39 is 0 Å². The van der Waals surface area contributed by atoms with Crippen LogP contribution in [0.25, 0.3) is 11.6 Å². The standard InChI is InChI=1S/C17H16O2/c1-3-14(15-6-8-16(18)9-7-15)12-13-4-10-17(19-2)11-5-13/h3-12,18H,1H2,2H3/b14-12+. The summed E-state index contributed by atoms with van der Waals surface area (Å²) in [6, 6.07) is 14.9. The van der Waals surface area contributed by atoms with Crippen molar-refractivity contribution in [2.75, 3.05) is 7.11 Å². The number of aromatic hydroxyl groups is 1. The topological polar surface area (TPSA) is 29.5 Å². The normalized spacial score (nSPS) is 11.1. The van der Waals surface area contributed by atoms with E-state index in [2.05, 4.69) is 6.58 Å². The summed E-state index contributed by atoms with van der Waals surface area (Å²) in [5, 5.41) is 9.30. The van der Waals surface area contributed by atoms with Crippen LogP contribution >= 0.6 is 0 Å². The Morgan fingerprint density at radius 2 is 1.68 bits per heavy atom. The molecule has 0 saturated carbocycles. The summed E-state index contributed by atoms with van der Waals surface area (Å²) in [5.74, 6) is 1.10. The largest absolute Gasteiger partial charge is 0.508 e. The van der Waals surface area contributed by atoms with Gasteiger partial charge in [-0.05, 0) is 47.0 Å². The molecule has 0 spiro atoms. The fraction of sp³-hybridized carbons (Fsp3) is 0.0588. The molecule has 2 aromatic carbocycles. The van der Waals surface area contributed by atoms with Gasteiger partial charge in [-0.25, -0.2) is 0 Å². The Hall–Kier alpha value is -2.48. The number of rotatable bonds is 4. The number of benzene rings is 2. The van der Waals surface area contributed by atoms with Crippen LogP contribution in [0.4, 0.5) is 0 Å². The maximum absolute atomic E-state index is 9.30. The highest BCUT2D eigenvalue weighted by Crippen LogP contribution is 2.22. The zero-order valence-electron chi connectivity index (χ0n) is 10.8. The SMILES string of the molecule is C=C/C(=C\c1ccc(OC)cc1)c1ccc(O)cc1. The lowest BCUT2D eigenvalue weighted by atomic mass is 10.0. The van der Waals surface area contributed by atoms with Gasteiger partial charge in [-0.2, -0.15) is 0 Å². The fourth-order valence-corrected chi connectivity index (χ4v) is 1.79. The van der Waals surface area contributed by atoms with Gasteiger partial charge in [0.05, 0.1) is 7.11 Å². The van der Waals surface area contributed by atoms with E-state index in [-0.39, 0.29) is 5.75 Å². The molecule has 0 heterocycles. The van der Waals surface area contributed by atoms with E-state index in [4.69, 9.17) is 4.74 Å². The van der Waals surface area contributed by atoms with Crippen molar-refractivity contribution in [3.05, 3.63) is 72.3 Å². The number of allylic oxidation sites excluding steroid dienone is 2. The van der Waals surface area contributed by atoms with Crippen LogP contribution in [0.2, 0.25) is 0 Å². The van der Waals surface area contributed by atoms with Crippen molar-refractivity contribution in [3.63, 3.8) is 0 Å². The van der Waals surface area contributed by atoms with Crippen molar-refractivity contribution in [1.82, 2.24) is 0 Å². The molecule has 2 nitrogen and oxygen atoms in total. The van der Waals surface area contributed by atoms with Crippen molar-refractivity contribution < 1.29 is 9.84 Å². The molecule has 19 heavy (non-hydrogen) atoms. The van der Waals surface area contributed by atoms with Crippen LogP contribution in [0.15, 0.2) is 61.2 Å². The van der Waals surface area contributed by atoms with Crippen molar-refractivity contribution in [3.8, 4) is 11.5 Å². The van der Waals surface area contributed by atoms with Gasteiger partial charge in [0, 0.05) is 0 Å². The van der Waals surface area contributed by atoms with Crippen LogP contribution in [-0.2, 0) is 0 Å². The highest BCUT2D eigenvalue weighted by molar-refractivity contribution is 5.87. The average Bonchev–Trinajstić information content (AvgIpc) is 2.46. The lowest BCUT2D eigenvalue weighted by Crippen LogP contribution is -1.83. The van der Waals surface area contributed by atoms with Gasteiger partial charge in [0.15, 0.2) is 0 Å². The Morgan fingerprint density at radius 1 is 1.05 bits per heavy atom. The van der Waals surface area contributed by atoms with E-state index in [1.165, 1.54) is 0 Å². The zero-order valence-corrected chi connectivity index (χ0v) is 10.8. The highest BCUT2D eigenvalue weighted by Gasteiger charge is 1.99. The van der Waals surface area contributed by atoms with Gasteiger partial charge in [0.1, 0.15) is 11.5 Å². The molecule has 0 aliphatic heterocycles. The first kappa shape index (κ1) is 13.0. The molecule has 0 fully saturated rings. The monoisotopic (exact) mass is 252 g/mol. The van der Waals surface area contributed by atoms with Crippen LogP contribution < -0.4 is 4.74 Å². The number of hydrogen-bond acceptors (Lipinski definition) is 2. The van der Waals surface area contributed by atoms with Gasteiger partial charge in [0.2, 0.25) is 0 Å². The summed E-state index contributed by atoms with van der Waals surface area (Å²) in [6.07, 6.45) is 3.84. The zero-order chi connectivity index (χ0) is 13.7. The quantitative estimate of drug-likeness (QED) is 0.655. The predicted molar refractivity (Wildman–Crippen MR) is 79.2 cm³/mol. The number of phenols is 1. The minimum absolute atomic E-state index is 0.261. The van der Waals surface area contributed by atoms with E-state index in [0.717, 1.165) is 22.4 Å². The van der Waals surface area contributed by atoms with Gasteiger partial charge in [0.25, 0.3) is 0 Å². The summed E-state index contributed by atoms with van der Waals surface area (Å²) in [5.41, 5.74) is 3.09. The summed E-state index contributed by atoms with van der Waals surface area (Å²) in [4.78, 5) is 0. The average molecular weight is 252 g/mol. The molecule has 0 amide bonds. The van der Waals surface area contributed by atoms with Crippen molar-refractivity contribution in [1.29, 1.82) is 0 Å². The third kappa shape index (κ3) is 3.26. The Kier molecular flexibility index (Phi) is 4.04. The second-order valence-electron chi connectivity index (χ2n) is 4.12. The number of hydrogen-bond donors (Lipinski definition) is 1. The third-order valence-corrected chi connectivity index (χ3v) is 2.86. The second kappa shape index (κ2) is 5.91. The lowest BCUT2D eigenvalue weighted by molar-refractivity contribution is 0.415. The third-order valence-electron chi connectivity index (χ3n) is 2.86. The molecule has 1 N–H and O–H groups in total. The summed E-state index contributed by atoms with van der Waals surface area (Å²) >= 11 is 0. The first-order valence-electron chi connectivity index (χ1n) is 6.00. The van der Waals surface area contributed by atoms with Crippen LogP contribution in [0.1, 0.15) is 11.1 Å². The molecule has 0 aromatic heterocycles. The van der Waals surface area contributed by atoms with Gasteiger partial charge in [-0.3, -0.25) is 0 Å². The first-order valence-corrected chi connectivity index (χ1v) is 6.00. The Bertz CT molecular complexity index is 578. The first-order chi connectivity index (χ1) is 9.22. The molecule has 96 valence electrons. The van der Waals surface area contributed by atoms with E-state index in [1.54, 1.807) is 25.3 Å². The Labute approximate surface area is 113 Å². The van der Waals surface area contributed by atoms with Gasteiger partial charge in [-0.15, -0.1) is 0 Å². The molecule has 0 aliphatic rings. The van der Waals surface area contributed by atoms with Crippen molar-refractivity contribution in [2.45, 2.75) is 0 Å². The molecule has 2 rings (SSSR count). The molecule has 2 heteroatoms. The lowest BCUT2D eigenvalue weighted by Gasteiger charge is -2.04. The van der Waals surface area contributed by atoms with E-state index >= 15 is 0 Å². The van der Waals surface area contributed by atoms with E-state index in [1.807, 2.05) is 42.5 Å². The fourth-order valence-electron chi connectivity index (χ4n) is 1.79. The molecule has 0 saturated heterocycles. The number of phenolic OH excluding ortho intramolecular Hbond substituents is 1. The number of ether oxygens (including phenoxy) is 1.